The van der Waals surface area contributed by atoms with Crippen LogP contribution in [0.5, 0.6) is 0 Å². The quantitative estimate of drug-likeness (QED) is 0.672. The highest BCUT2D eigenvalue weighted by atomic mass is 16.5. The second-order valence-corrected chi connectivity index (χ2v) is 4.83. The Morgan fingerprint density at radius 1 is 1.50 bits per heavy atom. The lowest BCUT2D eigenvalue weighted by atomic mass is 9.86. The topological polar surface area (TPSA) is 53.3 Å². The maximum absolute atomic E-state index is 12.3. The van der Waals surface area contributed by atoms with Crippen LogP contribution in [0, 0.1) is 16.7 Å². The minimum absolute atomic E-state index is 0.0302. The third-order valence-corrected chi connectivity index (χ3v) is 3.61. The van der Waals surface area contributed by atoms with Gasteiger partial charge in [0.1, 0.15) is 5.41 Å². The van der Waals surface area contributed by atoms with Crippen molar-refractivity contribution in [3.05, 3.63) is 0 Å². The molecular weight excluding hydrogens is 204 g/mol. The first-order valence-electron chi connectivity index (χ1n) is 6.00. The van der Waals surface area contributed by atoms with Crippen LogP contribution < -0.4 is 0 Å². The van der Waals surface area contributed by atoms with Crippen molar-refractivity contribution < 1.29 is 9.53 Å². The summed E-state index contributed by atoms with van der Waals surface area (Å²) in [6, 6.07) is 2.26. The second kappa shape index (κ2) is 4.42. The van der Waals surface area contributed by atoms with Crippen molar-refractivity contribution in [3.63, 3.8) is 0 Å². The van der Waals surface area contributed by atoms with Gasteiger partial charge in [-0.05, 0) is 19.8 Å². The van der Waals surface area contributed by atoms with Crippen LogP contribution in [-0.2, 0) is 9.53 Å². The summed E-state index contributed by atoms with van der Waals surface area (Å²) >= 11 is 0. The monoisotopic (exact) mass is 222 g/mol. The Bertz CT molecular complexity index is 315. The molecule has 1 aliphatic heterocycles. The first kappa shape index (κ1) is 11.4. The Morgan fingerprint density at radius 3 is 2.75 bits per heavy atom. The summed E-state index contributed by atoms with van der Waals surface area (Å²) in [6.45, 7) is 3.82. The number of carbonyl (C=O) groups excluding carboxylic acids is 1. The van der Waals surface area contributed by atoms with E-state index in [2.05, 4.69) is 6.07 Å². The van der Waals surface area contributed by atoms with Gasteiger partial charge in [-0.2, -0.15) is 5.26 Å². The molecule has 0 radical (unpaired) electrons. The van der Waals surface area contributed by atoms with Gasteiger partial charge in [0.05, 0.1) is 18.8 Å². The van der Waals surface area contributed by atoms with Gasteiger partial charge in [0.2, 0.25) is 5.91 Å². The zero-order valence-corrected chi connectivity index (χ0v) is 9.74. The van der Waals surface area contributed by atoms with E-state index in [0.29, 0.717) is 19.7 Å². The van der Waals surface area contributed by atoms with Crippen LogP contribution in [0.1, 0.15) is 32.6 Å². The van der Waals surface area contributed by atoms with Gasteiger partial charge in [-0.25, -0.2) is 0 Å². The number of hydrogen-bond donors (Lipinski definition) is 0. The van der Waals surface area contributed by atoms with Crippen LogP contribution in [0.4, 0.5) is 0 Å². The number of carbonyl (C=O) groups is 1. The molecule has 1 amide bonds. The van der Waals surface area contributed by atoms with Crippen LogP contribution >= 0.6 is 0 Å². The van der Waals surface area contributed by atoms with Crippen molar-refractivity contribution in [1.29, 1.82) is 5.26 Å². The third kappa shape index (κ3) is 1.92. The largest absolute Gasteiger partial charge is 0.375 e. The Morgan fingerprint density at radius 2 is 2.19 bits per heavy atom. The summed E-state index contributed by atoms with van der Waals surface area (Å²) < 4.78 is 5.41. The molecule has 4 heteroatoms. The van der Waals surface area contributed by atoms with E-state index in [1.807, 2.05) is 11.8 Å². The average molecular weight is 222 g/mol. The molecule has 0 N–H and O–H groups in total. The Balaban J connectivity index is 2.08. The summed E-state index contributed by atoms with van der Waals surface area (Å²) in [5.41, 5.74) is -0.725. The minimum Gasteiger partial charge on any atom is -0.375 e. The van der Waals surface area contributed by atoms with Crippen LogP contribution in [0.15, 0.2) is 0 Å². The molecule has 2 fully saturated rings. The molecule has 88 valence electrons. The fourth-order valence-electron chi connectivity index (χ4n) is 2.66. The Kier molecular flexibility index (Phi) is 3.15. The van der Waals surface area contributed by atoms with Gasteiger partial charge in [-0.3, -0.25) is 4.79 Å². The number of nitrogens with zero attached hydrogens (tertiary/aromatic N) is 2. The van der Waals surface area contributed by atoms with Crippen molar-refractivity contribution in [2.45, 2.75) is 38.7 Å². The molecule has 1 saturated heterocycles. The van der Waals surface area contributed by atoms with Gasteiger partial charge in [-0.15, -0.1) is 0 Å². The first-order chi connectivity index (χ1) is 7.68. The molecule has 0 aromatic carbocycles. The number of rotatable bonds is 1. The normalized spacial score (nSPS) is 28.8. The lowest BCUT2D eigenvalue weighted by molar-refractivity contribution is -0.145. The summed E-state index contributed by atoms with van der Waals surface area (Å²) in [6.07, 6.45) is 3.55. The molecule has 2 aliphatic rings. The van der Waals surface area contributed by atoms with Crippen LogP contribution in [0.3, 0.4) is 0 Å². The summed E-state index contributed by atoms with van der Waals surface area (Å²) in [5.74, 6) is 0.0302. The van der Waals surface area contributed by atoms with E-state index in [9.17, 15) is 10.1 Å². The molecule has 1 heterocycles. The van der Waals surface area contributed by atoms with Crippen molar-refractivity contribution in [2.24, 2.45) is 5.41 Å². The molecule has 0 spiro atoms. The van der Waals surface area contributed by atoms with Crippen molar-refractivity contribution in [1.82, 2.24) is 4.90 Å². The second-order valence-electron chi connectivity index (χ2n) is 4.83. The predicted octanol–water partition coefficient (Wildman–Crippen LogP) is 1.32. The highest BCUT2D eigenvalue weighted by molar-refractivity contribution is 5.86. The lowest BCUT2D eigenvalue weighted by Crippen LogP contribution is -2.49. The zero-order valence-electron chi connectivity index (χ0n) is 9.74. The molecule has 0 aromatic heterocycles. The van der Waals surface area contributed by atoms with E-state index < -0.39 is 5.41 Å². The van der Waals surface area contributed by atoms with Gasteiger partial charge in [0.25, 0.3) is 0 Å². The maximum Gasteiger partial charge on any atom is 0.243 e. The van der Waals surface area contributed by atoms with Crippen LogP contribution in [-0.4, -0.2) is 36.6 Å². The van der Waals surface area contributed by atoms with Gasteiger partial charge < -0.3 is 9.64 Å². The van der Waals surface area contributed by atoms with Gasteiger partial charge in [-0.1, -0.05) is 12.8 Å². The van der Waals surface area contributed by atoms with Crippen molar-refractivity contribution in [2.75, 3.05) is 19.7 Å². The minimum atomic E-state index is -0.725. The molecule has 1 saturated carbocycles. The average Bonchev–Trinajstić information content (AvgIpc) is 2.78. The van der Waals surface area contributed by atoms with Gasteiger partial charge in [0, 0.05) is 13.1 Å². The molecule has 0 unspecified atom stereocenters. The Hall–Kier alpha value is -1.08. The van der Waals surface area contributed by atoms with E-state index in [4.69, 9.17) is 4.74 Å². The highest BCUT2D eigenvalue weighted by Gasteiger charge is 2.44. The predicted molar refractivity (Wildman–Crippen MR) is 58.5 cm³/mol. The smallest absolute Gasteiger partial charge is 0.243 e. The summed E-state index contributed by atoms with van der Waals surface area (Å²) in [5, 5.41) is 9.25. The van der Waals surface area contributed by atoms with Gasteiger partial charge >= 0.3 is 0 Å². The molecular formula is C12H18N2O2. The SMILES string of the molecule is C[C@H]1CN(C(=O)C2(C#N)CCCC2)CCO1. The van der Waals surface area contributed by atoms with E-state index in [1.165, 1.54) is 0 Å². The van der Waals surface area contributed by atoms with Crippen LogP contribution in [0.25, 0.3) is 0 Å². The number of ether oxygens (including phenoxy) is 1. The molecule has 2 rings (SSSR count). The number of nitriles is 1. The maximum atomic E-state index is 12.3. The summed E-state index contributed by atoms with van der Waals surface area (Å²) in [7, 11) is 0. The first-order valence-corrected chi connectivity index (χ1v) is 6.00. The molecule has 0 bridgehead atoms. The zero-order chi connectivity index (χ0) is 11.6. The van der Waals surface area contributed by atoms with E-state index in [1.54, 1.807) is 0 Å². The lowest BCUT2D eigenvalue weighted by Gasteiger charge is -2.35. The van der Waals surface area contributed by atoms with E-state index in [-0.39, 0.29) is 12.0 Å². The number of morpholine rings is 1. The van der Waals surface area contributed by atoms with E-state index >= 15 is 0 Å². The number of amides is 1. The summed E-state index contributed by atoms with van der Waals surface area (Å²) in [4.78, 5) is 14.2. The fourth-order valence-corrected chi connectivity index (χ4v) is 2.66. The van der Waals surface area contributed by atoms with Crippen molar-refractivity contribution >= 4 is 5.91 Å². The van der Waals surface area contributed by atoms with E-state index in [0.717, 1.165) is 25.7 Å². The molecule has 4 nitrogen and oxygen atoms in total. The number of hydrogen-bond acceptors (Lipinski definition) is 3. The fraction of sp³-hybridized carbons (Fsp3) is 0.833. The molecule has 0 aromatic rings. The van der Waals surface area contributed by atoms with Crippen LogP contribution in [0.2, 0.25) is 0 Å². The standard InChI is InChI=1S/C12H18N2O2/c1-10-8-14(6-7-16-10)11(15)12(9-13)4-2-3-5-12/h10H,2-8H2,1H3/t10-/m0/s1. The highest BCUT2D eigenvalue weighted by Crippen LogP contribution is 2.39. The molecule has 16 heavy (non-hydrogen) atoms. The van der Waals surface area contributed by atoms with Crippen molar-refractivity contribution in [3.8, 4) is 6.07 Å². The molecule has 1 aliphatic carbocycles. The Labute approximate surface area is 96.2 Å². The van der Waals surface area contributed by atoms with Gasteiger partial charge in [0.15, 0.2) is 0 Å². The third-order valence-electron chi connectivity index (χ3n) is 3.61. The molecule has 1 atom stereocenters.